The lowest BCUT2D eigenvalue weighted by Gasteiger charge is -2.31. The van der Waals surface area contributed by atoms with E-state index in [0.29, 0.717) is 24.5 Å². The highest BCUT2D eigenvalue weighted by atomic mass is 32.1. The molecule has 10 nitrogen and oxygen atoms in total. The predicted molar refractivity (Wildman–Crippen MR) is 94.4 cm³/mol. The lowest BCUT2D eigenvalue weighted by atomic mass is 9.90. The van der Waals surface area contributed by atoms with Crippen LogP contribution in [0, 0.1) is 0 Å². The normalized spacial score (nSPS) is 20.6. The number of benzene rings is 1. The molecule has 1 aromatic carbocycles. The van der Waals surface area contributed by atoms with E-state index in [9.17, 15) is 9.59 Å². The van der Waals surface area contributed by atoms with E-state index in [-0.39, 0.29) is 13.3 Å². The number of thiol groups is 1. The third-order valence-electron chi connectivity index (χ3n) is 4.39. The number of carbonyl (C=O) groups excluding carboxylic acids is 2. The second-order valence-corrected chi connectivity index (χ2v) is 6.05. The molecule has 3 amide bonds. The van der Waals surface area contributed by atoms with Gasteiger partial charge in [-0.05, 0) is 23.3 Å². The molecule has 2 heterocycles. The Labute approximate surface area is 161 Å². The van der Waals surface area contributed by atoms with E-state index in [0.717, 1.165) is 10.6 Å². The number of fused-ring (bicyclic) bond motifs is 4. The number of rotatable bonds is 9. The lowest BCUT2D eigenvalue weighted by Crippen LogP contribution is -2.43. The summed E-state index contributed by atoms with van der Waals surface area (Å²) in [6, 6.07) is 3.52. The summed E-state index contributed by atoms with van der Waals surface area (Å²) in [4.78, 5) is 31.2. The van der Waals surface area contributed by atoms with E-state index in [2.05, 4.69) is 18.4 Å². The number of carbonyl (C=O) groups is 2. The molecular weight excluding hydrogens is 378 g/mol. The van der Waals surface area contributed by atoms with Crippen LogP contribution in [0.5, 0.6) is 5.75 Å². The van der Waals surface area contributed by atoms with Crippen LogP contribution in [0.15, 0.2) is 18.2 Å². The first-order valence-electron chi connectivity index (χ1n) is 8.19. The van der Waals surface area contributed by atoms with Crippen molar-refractivity contribution >= 4 is 24.8 Å². The number of methoxy groups -OCH3 is 1. The smallest absolute Gasteiger partial charge is 0.346 e. The summed E-state index contributed by atoms with van der Waals surface area (Å²) in [6.45, 7) is 1.21. The Morgan fingerprint density at radius 2 is 2.11 bits per heavy atom. The minimum atomic E-state index is -0.843. The van der Waals surface area contributed by atoms with Crippen LogP contribution >= 0.6 is 12.9 Å². The van der Waals surface area contributed by atoms with E-state index >= 15 is 0 Å². The summed E-state index contributed by atoms with van der Waals surface area (Å²) in [5, 5.41) is 1.13. The van der Waals surface area contributed by atoms with Gasteiger partial charge in [0, 0.05) is 20.0 Å². The van der Waals surface area contributed by atoms with Crippen LogP contribution < -0.4 is 10.2 Å². The van der Waals surface area contributed by atoms with Crippen molar-refractivity contribution in [3.63, 3.8) is 0 Å². The van der Waals surface area contributed by atoms with E-state index in [1.807, 2.05) is 0 Å². The summed E-state index contributed by atoms with van der Waals surface area (Å²) in [5.41, 5.74) is 3.68. The molecule has 2 atom stereocenters. The lowest BCUT2D eigenvalue weighted by molar-refractivity contribution is -0.136. The maximum absolute atomic E-state index is 12.6. The molecule has 11 heteroatoms. The van der Waals surface area contributed by atoms with Gasteiger partial charge in [0.15, 0.2) is 6.79 Å². The van der Waals surface area contributed by atoms with Gasteiger partial charge in [0.1, 0.15) is 17.8 Å². The molecular formula is C16H21N3O7S. The maximum Gasteiger partial charge on any atom is 0.346 e. The third kappa shape index (κ3) is 3.82. The molecule has 2 unspecified atom stereocenters. The summed E-state index contributed by atoms with van der Waals surface area (Å²) in [5.74, 6) is 0.0899. The second-order valence-electron chi connectivity index (χ2n) is 5.89. The number of hydrogen-bond donors (Lipinski definition) is 2. The highest BCUT2D eigenvalue weighted by molar-refractivity contribution is 7.75. The third-order valence-corrected chi connectivity index (χ3v) is 4.57. The van der Waals surface area contributed by atoms with Crippen LogP contribution in [0.4, 0.5) is 4.79 Å². The monoisotopic (exact) mass is 399 g/mol. The first-order chi connectivity index (χ1) is 13.1. The number of ether oxygens (including phenoxy) is 3. The van der Waals surface area contributed by atoms with E-state index < -0.39 is 24.0 Å². The van der Waals surface area contributed by atoms with Crippen LogP contribution in [0.3, 0.4) is 0 Å². The number of amides is 3. The Hall–Kier alpha value is -2.05. The number of hydroxylamine groups is 3. The average Bonchev–Trinajstić information content (AvgIpc) is 2.95. The summed E-state index contributed by atoms with van der Waals surface area (Å²) >= 11 is 3.78. The Morgan fingerprint density at radius 1 is 1.30 bits per heavy atom. The van der Waals surface area contributed by atoms with Gasteiger partial charge < -0.3 is 19.1 Å². The van der Waals surface area contributed by atoms with Crippen molar-refractivity contribution < 1.29 is 32.9 Å². The zero-order valence-corrected chi connectivity index (χ0v) is 15.8. The largest absolute Gasteiger partial charge is 0.468 e. The Kier molecular flexibility index (Phi) is 6.39. The molecule has 2 bridgehead atoms. The van der Waals surface area contributed by atoms with Gasteiger partial charge in [-0.25, -0.2) is 14.6 Å². The molecule has 0 aliphatic carbocycles. The van der Waals surface area contributed by atoms with Gasteiger partial charge in [-0.1, -0.05) is 6.07 Å². The van der Waals surface area contributed by atoms with Crippen LogP contribution in [-0.2, 0) is 23.4 Å². The first kappa shape index (κ1) is 19.7. The van der Waals surface area contributed by atoms with E-state index in [4.69, 9.17) is 23.3 Å². The van der Waals surface area contributed by atoms with E-state index in [1.54, 1.807) is 25.3 Å². The molecule has 0 spiro atoms. The van der Waals surface area contributed by atoms with Crippen LogP contribution in [0.1, 0.15) is 23.2 Å². The van der Waals surface area contributed by atoms with Gasteiger partial charge in [0.25, 0.3) is 5.91 Å². The van der Waals surface area contributed by atoms with Gasteiger partial charge in [0.2, 0.25) is 0 Å². The molecule has 0 aromatic heterocycles. The quantitative estimate of drug-likeness (QED) is 0.210. The summed E-state index contributed by atoms with van der Waals surface area (Å²) in [6.07, 6.45) is 0. The molecule has 0 radical (unpaired) electrons. The summed E-state index contributed by atoms with van der Waals surface area (Å²) < 4.78 is 20.7. The molecule has 2 aliphatic rings. The molecule has 1 saturated heterocycles. The second kappa shape index (κ2) is 8.76. The SMILES string of the molecule is COCCOCOc1ccc2c(c1)C1CN(C(=O)N1OS)C2C(=O)NOC. The van der Waals surface area contributed by atoms with Gasteiger partial charge in [0.05, 0.1) is 26.9 Å². The molecule has 1 N–H and O–H groups in total. The van der Waals surface area contributed by atoms with Crippen molar-refractivity contribution in [2.24, 2.45) is 0 Å². The molecule has 2 aliphatic heterocycles. The standard InChI is InChI=1S/C16H21N3O7S/c1-22-5-6-24-9-25-10-3-4-11-12(7-10)13-8-18(16(21)19(13)26-27)14(11)15(20)17-23-2/h3-4,7,13-14,27H,5-6,8-9H2,1-2H3,(H,17,20). The fourth-order valence-corrected chi connectivity index (χ4v) is 3.41. The van der Waals surface area contributed by atoms with Crippen LogP contribution in [0.25, 0.3) is 0 Å². The fraction of sp³-hybridized carbons (Fsp3) is 0.500. The van der Waals surface area contributed by atoms with Crippen molar-refractivity contribution in [3.05, 3.63) is 29.3 Å². The molecule has 0 saturated carbocycles. The average molecular weight is 399 g/mol. The van der Waals surface area contributed by atoms with Crippen LogP contribution in [-0.4, -0.2) is 62.7 Å². The first-order valence-corrected chi connectivity index (χ1v) is 8.56. The molecule has 148 valence electrons. The number of urea groups is 1. The number of nitrogens with one attached hydrogen (secondary N) is 1. The van der Waals surface area contributed by atoms with Gasteiger partial charge >= 0.3 is 6.03 Å². The Balaban J connectivity index is 1.85. The molecule has 3 rings (SSSR count). The van der Waals surface area contributed by atoms with Gasteiger partial charge in [-0.3, -0.25) is 9.63 Å². The Bertz CT molecular complexity index is 705. The van der Waals surface area contributed by atoms with Gasteiger partial charge in [-0.2, -0.15) is 5.06 Å². The van der Waals surface area contributed by atoms with Crippen molar-refractivity contribution in [2.75, 3.05) is 40.8 Å². The maximum atomic E-state index is 12.6. The van der Waals surface area contributed by atoms with Gasteiger partial charge in [-0.15, -0.1) is 0 Å². The zero-order valence-electron chi connectivity index (χ0n) is 14.9. The Morgan fingerprint density at radius 3 is 2.81 bits per heavy atom. The highest BCUT2D eigenvalue weighted by Crippen LogP contribution is 2.45. The zero-order chi connectivity index (χ0) is 19.4. The highest BCUT2D eigenvalue weighted by Gasteiger charge is 2.51. The summed E-state index contributed by atoms with van der Waals surface area (Å²) in [7, 11) is 2.92. The topological polar surface area (TPSA) is 98.8 Å². The van der Waals surface area contributed by atoms with Crippen molar-refractivity contribution in [1.82, 2.24) is 15.4 Å². The van der Waals surface area contributed by atoms with Crippen LogP contribution in [0.2, 0.25) is 0 Å². The minimum absolute atomic E-state index is 0.0538. The van der Waals surface area contributed by atoms with E-state index in [1.165, 1.54) is 12.0 Å². The van der Waals surface area contributed by atoms with Crippen molar-refractivity contribution in [1.29, 1.82) is 0 Å². The predicted octanol–water partition coefficient (Wildman–Crippen LogP) is 0.973. The molecule has 27 heavy (non-hydrogen) atoms. The molecule has 1 aromatic rings. The molecule has 1 fully saturated rings. The minimum Gasteiger partial charge on any atom is -0.468 e. The van der Waals surface area contributed by atoms with Crippen molar-refractivity contribution in [2.45, 2.75) is 12.1 Å². The number of nitrogens with zero attached hydrogens (tertiary/aromatic N) is 2. The van der Waals surface area contributed by atoms with Crippen molar-refractivity contribution in [3.8, 4) is 5.75 Å². The number of hydrogen-bond acceptors (Lipinski definition) is 8. The fourth-order valence-electron chi connectivity index (χ4n) is 3.23.